The minimum atomic E-state index is -0.578. The summed E-state index contributed by atoms with van der Waals surface area (Å²) in [4.78, 5) is 11.9. The van der Waals surface area contributed by atoms with Gasteiger partial charge in [0.1, 0.15) is 11.9 Å². The van der Waals surface area contributed by atoms with Gasteiger partial charge >= 0.3 is 5.97 Å². The van der Waals surface area contributed by atoms with E-state index in [1.807, 2.05) is 0 Å². The van der Waals surface area contributed by atoms with Crippen molar-refractivity contribution in [3.8, 4) is 0 Å². The zero-order valence-corrected chi connectivity index (χ0v) is 10.3. The van der Waals surface area contributed by atoms with E-state index in [1.54, 1.807) is 0 Å². The minimum Gasteiger partial charge on any atom is -0.459 e. The van der Waals surface area contributed by atoms with Crippen LogP contribution in [0.2, 0.25) is 0 Å². The Morgan fingerprint density at radius 2 is 1.89 bits per heavy atom. The molecule has 98 valence electrons. The molecule has 0 radical (unpaired) electrons. The fourth-order valence-corrected chi connectivity index (χ4v) is 2.23. The van der Waals surface area contributed by atoms with Crippen molar-refractivity contribution in [1.82, 2.24) is 0 Å². The third-order valence-electron chi connectivity index (χ3n) is 3.31. The molecule has 0 aliphatic heterocycles. The van der Waals surface area contributed by atoms with Gasteiger partial charge in [-0.3, -0.25) is 0 Å². The van der Waals surface area contributed by atoms with Crippen molar-refractivity contribution in [2.45, 2.75) is 44.6 Å². The van der Waals surface area contributed by atoms with Gasteiger partial charge in [-0.1, -0.05) is 12.8 Å². The normalized spacial score (nSPS) is 17.2. The number of nitrogen functional groups attached to an aromatic ring is 1. The minimum absolute atomic E-state index is 0.0272. The molecule has 1 aromatic rings. The second-order valence-corrected chi connectivity index (χ2v) is 4.76. The van der Waals surface area contributed by atoms with E-state index in [9.17, 15) is 9.18 Å². The molecule has 1 aliphatic rings. The van der Waals surface area contributed by atoms with Gasteiger partial charge in [0.25, 0.3) is 0 Å². The van der Waals surface area contributed by atoms with Crippen molar-refractivity contribution in [3.05, 3.63) is 29.6 Å². The number of hydrogen-bond donors (Lipinski definition) is 1. The highest BCUT2D eigenvalue weighted by Crippen LogP contribution is 2.21. The van der Waals surface area contributed by atoms with Crippen molar-refractivity contribution < 1.29 is 13.9 Å². The summed E-state index contributed by atoms with van der Waals surface area (Å²) < 4.78 is 18.7. The molecule has 2 N–H and O–H groups in total. The summed E-state index contributed by atoms with van der Waals surface area (Å²) in [5, 5.41) is 0. The summed E-state index contributed by atoms with van der Waals surface area (Å²) in [6.07, 6.45) is 6.37. The number of rotatable bonds is 2. The Morgan fingerprint density at radius 3 is 2.50 bits per heavy atom. The Balaban J connectivity index is 1.99. The first-order chi connectivity index (χ1) is 8.66. The molecule has 0 amide bonds. The van der Waals surface area contributed by atoms with Crippen molar-refractivity contribution in [3.63, 3.8) is 0 Å². The van der Waals surface area contributed by atoms with E-state index in [0.717, 1.165) is 31.7 Å². The van der Waals surface area contributed by atoms with Crippen molar-refractivity contribution in [2.24, 2.45) is 0 Å². The van der Waals surface area contributed by atoms with Crippen molar-refractivity contribution in [2.75, 3.05) is 5.73 Å². The molecule has 3 nitrogen and oxygen atoms in total. The van der Waals surface area contributed by atoms with Crippen LogP contribution in [0.1, 0.15) is 48.9 Å². The summed E-state index contributed by atoms with van der Waals surface area (Å²) in [5.74, 6) is -1.04. The fourth-order valence-electron chi connectivity index (χ4n) is 2.23. The van der Waals surface area contributed by atoms with Crippen LogP contribution in [-0.2, 0) is 4.74 Å². The number of benzene rings is 1. The predicted molar refractivity (Wildman–Crippen MR) is 67.7 cm³/mol. The number of halogens is 1. The number of esters is 1. The topological polar surface area (TPSA) is 52.3 Å². The van der Waals surface area contributed by atoms with Gasteiger partial charge in [0.2, 0.25) is 0 Å². The molecule has 0 bridgehead atoms. The van der Waals surface area contributed by atoms with E-state index >= 15 is 0 Å². The van der Waals surface area contributed by atoms with Gasteiger partial charge in [0, 0.05) is 0 Å². The largest absolute Gasteiger partial charge is 0.459 e. The number of anilines is 1. The Hall–Kier alpha value is -1.58. The SMILES string of the molecule is Nc1ccc(C(=O)OC2CCCCCC2)cc1F. The van der Waals surface area contributed by atoms with E-state index in [0.29, 0.717) is 0 Å². The lowest BCUT2D eigenvalue weighted by Crippen LogP contribution is -2.17. The molecule has 0 heterocycles. The Kier molecular flexibility index (Phi) is 4.18. The molecular weight excluding hydrogens is 233 g/mol. The molecule has 0 aromatic heterocycles. The number of carbonyl (C=O) groups excluding carboxylic acids is 1. The van der Waals surface area contributed by atoms with E-state index in [2.05, 4.69) is 0 Å². The maximum Gasteiger partial charge on any atom is 0.338 e. The van der Waals surface area contributed by atoms with Gasteiger partial charge in [0.05, 0.1) is 11.3 Å². The van der Waals surface area contributed by atoms with Gasteiger partial charge in [0.15, 0.2) is 0 Å². The van der Waals surface area contributed by atoms with Crippen LogP contribution < -0.4 is 5.73 Å². The van der Waals surface area contributed by atoms with Crippen LogP contribution in [0.3, 0.4) is 0 Å². The molecule has 4 heteroatoms. The second-order valence-electron chi connectivity index (χ2n) is 4.76. The van der Waals surface area contributed by atoms with E-state index in [1.165, 1.54) is 25.0 Å². The highest BCUT2D eigenvalue weighted by Gasteiger charge is 2.18. The Bertz CT molecular complexity index is 426. The zero-order chi connectivity index (χ0) is 13.0. The lowest BCUT2D eigenvalue weighted by Gasteiger charge is -2.15. The summed E-state index contributed by atoms with van der Waals surface area (Å²) in [6, 6.07) is 4.02. The van der Waals surface area contributed by atoms with Crippen LogP contribution in [0, 0.1) is 5.82 Å². The van der Waals surface area contributed by atoms with Crippen LogP contribution in [0.5, 0.6) is 0 Å². The molecule has 1 saturated carbocycles. The molecule has 0 spiro atoms. The molecule has 1 fully saturated rings. The summed E-state index contributed by atoms with van der Waals surface area (Å²) in [6.45, 7) is 0. The number of ether oxygens (including phenoxy) is 1. The predicted octanol–water partition coefficient (Wildman–Crippen LogP) is 3.29. The first-order valence-corrected chi connectivity index (χ1v) is 6.43. The maximum atomic E-state index is 13.3. The maximum absolute atomic E-state index is 13.3. The second kappa shape index (κ2) is 5.85. The monoisotopic (exact) mass is 251 g/mol. The molecule has 0 unspecified atom stereocenters. The fraction of sp³-hybridized carbons (Fsp3) is 0.500. The molecule has 2 rings (SSSR count). The molecular formula is C14H18FNO2. The molecule has 0 atom stereocenters. The van der Waals surface area contributed by atoms with E-state index in [4.69, 9.17) is 10.5 Å². The molecule has 1 aliphatic carbocycles. The average Bonchev–Trinajstić information content (AvgIpc) is 2.61. The molecule has 0 saturated heterocycles. The van der Waals surface area contributed by atoms with Crippen LogP contribution in [0.4, 0.5) is 10.1 Å². The highest BCUT2D eigenvalue weighted by molar-refractivity contribution is 5.89. The van der Waals surface area contributed by atoms with Crippen LogP contribution in [-0.4, -0.2) is 12.1 Å². The van der Waals surface area contributed by atoms with Gasteiger partial charge in [-0.15, -0.1) is 0 Å². The lowest BCUT2D eigenvalue weighted by atomic mass is 10.1. The van der Waals surface area contributed by atoms with Crippen LogP contribution in [0.25, 0.3) is 0 Å². The van der Waals surface area contributed by atoms with Gasteiger partial charge in [-0.2, -0.15) is 0 Å². The highest BCUT2D eigenvalue weighted by atomic mass is 19.1. The third kappa shape index (κ3) is 3.22. The first kappa shape index (κ1) is 12.9. The van der Waals surface area contributed by atoms with E-state index < -0.39 is 11.8 Å². The Labute approximate surface area is 106 Å². The van der Waals surface area contributed by atoms with Gasteiger partial charge in [-0.25, -0.2) is 9.18 Å². The van der Waals surface area contributed by atoms with Crippen molar-refractivity contribution in [1.29, 1.82) is 0 Å². The summed E-state index contributed by atoms with van der Waals surface area (Å²) >= 11 is 0. The number of carbonyl (C=O) groups is 1. The smallest absolute Gasteiger partial charge is 0.338 e. The summed E-state index contributed by atoms with van der Waals surface area (Å²) in [7, 11) is 0. The first-order valence-electron chi connectivity index (χ1n) is 6.43. The quantitative estimate of drug-likeness (QED) is 0.498. The lowest BCUT2D eigenvalue weighted by molar-refractivity contribution is 0.0267. The van der Waals surface area contributed by atoms with Crippen LogP contribution in [0.15, 0.2) is 18.2 Å². The Morgan fingerprint density at radius 1 is 1.22 bits per heavy atom. The number of nitrogens with two attached hydrogens (primary N) is 1. The molecule has 1 aromatic carbocycles. The van der Waals surface area contributed by atoms with Gasteiger partial charge < -0.3 is 10.5 Å². The van der Waals surface area contributed by atoms with Gasteiger partial charge in [-0.05, 0) is 43.9 Å². The molecule has 18 heavy (non-hydrogen) atoms. The van der Waals surface area contributed by atoms with Crippen LogP contribution >= 0.6 is 0 Å². The average molecular weight is 251 g/mol. The number of hydrogen-bond acceptors (Lipinski definition) is 3. The third-order valence-corrected chi connectivity index (χ3v) is 3.31. The van der Waals surface area contributed by atoms with Crippen molar-refractivity contribution >= 4 is 11.7 Å². The van der Waals surface area contributed by atoms with E-state index in [-0.39, 0.29) is 17.4 Å². The standard InChI is InChI=1S/C14H18FNO2/c15-12-9-10(7-8-13(12)16)14(17)18-11-5-3-1-2-4-6-11/h7-9,11H,1-6,16H2. The zero-order valence-electron chi connectivity index (χ0n) is 10.3. The summed E-state index contributed by atoms with van der Waals surface area (Å²) in [5.41, 5.74) is 5.64.